The molecule has 0 aliphatic carbocycles. The average Bonchev–Trinajstić information content (AvgIpc) is 3.16. The zero-order valence-electron chi connectivity index (χ0n) is 17.7. The number of hydrogen-bond donors (Lipinski definition) is 0. The Kier molecular flexibility index (Phi) is 8.52. The van der Waals surface area contributed by atoms with Crippen molar-refractivity contribution in [3.8, 4) is 5.75 Å². The minimum absolute atomic E-state index is 0.240. The first-order valence-electron chi connectivity index (χ1n) is 9.71. The highest BCUT2D eigenvalue weighted by atomic mass is 32.1. The Balaban J connectivity index is 0.00000101. The number of carbonyl (C=O) groups is 1. The molecule has 0 bridgehead atoms. The van der Waals surface area contributed by atoms with Gasteiger partial charge >= 0.3 is 17.7 Å². The number of benzene rings is 1. The summed E-state index contributed by atoms with van der Waals surface area (Å²) in [6, 6.07) is 8.15. The lowest BCUT2D eigenvalue weighted by molar-refractivity contribution is 0.0184. The van der Waals surface area contributed by atoms with Crippen LogP contribution in [0.2, 0.25) is 0 Å². The Labute approximate surface area is 180 Å². The molecule has 1 aromatic heterocycles. The first-order chi connectivity index (χ1) is 14.2. The second kappa shape index (κ2) is 10.9. The molecule has 164 valence electrons. The maximum atomic E-state index is 12.2. The molecule has 2 aromatic rings. The van der Waals surface area contributed by atoms with Gasteiger partial charge in [0.1, 0.15) is 24.3 Å². The van der Waals surface area contributed by atoms with Gasteiger partial charge in [-0.1, -0.05) is 17.7 Å². The Morgan fingerprint density at radius 2 is 1.77 bits per heavy atom. The van der Waals surface area contributed by atoms with Crippen molar-refractivity contribution < 1.29 is 22.7 Å². The van der Waals surface area contributed by atoms with E-state index in [9.17, 15) is 4.79 Å². The second-order valence-corrected chi connectivity index (χ2v) is 8.15. The van der Waals surface area contributed by atoms with Crippen LogP contribution in [0.3, 0.4) is 0 Å². The predicted octanol–water partition coefficient (Wildman–Crippen LogP) is 3.07. The summed E-state index contributed by atoms with van der Waals surface area (Å²) in [4.78, 5) is 18.3. The van der Waals surface area contributed by atoms with Crippen LogP contribution in [0.15, 0.2) is 30.6 Å². The van der Waals surface area contributed by atoms with E-state index >= 15 is 0 Å². The van der Waals surface area contributed by atoms with Crippen molar-refractivity contribution in [3.63, 3.8) is 0 Å². The van der Waals surface area contributed by atoms with E-state index < -0.39 is 17.2 Å². The van der Waals surface area contributed by atoms with E-state index in [1.807, 2.05) is 56.6 Å². The lowest BCUT2D eigenvalue weighted by Gasteiger charge is -2.33. The molecule has 2 heterocycles. The highest BCUT2D eigenvalue weighted by molar-refractivity contribution is 7.51. The van der Waals surface area contributed by atoms with Crippen LogP contribution in [0, 0.1) is 6.92 Å². The molecule has 1 aromatic carbocycles. The number of hydrogen-bond acceptors (Lipinski definition) is 7. The number of rotatable bonds is 4. The Morgan fingerprint density at radius 3 is 2.33 bits per heavy atom. The normalized spacial score (nSPS) is 14.5. The molecule has 0 atom stereocenters. The molecule has 10 heteroatoms. The fourth-order valence-electron chi connectivity index (χ4n) is 2.97. The zero-order valence-corrected chi connectivity index (χ0v) is 18.6. The summed E-state index contributed by atoms with van der Waals surface area (Å²) in [5.41, 5.74) is 0.731. The molecule has 1 aliphatic heterocycles. The summed E-state index contributed by atoms with van der Waals surface area (Å²) in [5.74, 6) is 1.47. The molecule has 1 aliphatic rings. The maximum Gasteiger partial charge on any atom is 0.410 e. The van der Waals surface area contributed by atoms with E-state index in [-0.39, 0.29) is 12.1 Å². The number of nitrogens with zero attached hydrogens (tertiary/aromatic N) is 4. The van der Waals surface area contributed by atoms with Gasteiger partial charge in [0, 0.05) is 13.1 Å². The molecular weight excluding hydrogens is 408 g/mol. The van der Waals surface area contributed by atoms with Crippen molar-refractivity contribution in [2.24, 2.45) is 0 Å². The third kappa shape index (κ3) is 7.58. The third-order valence-corrected chi connectivity index (χ3v) is 4.44. The molecule has 0 unspecified atom stereocenters. The van der Waals surface area contributed by atoms with Crippen molar-refractivity contribution in [1.29, 1.82) is 0 Å². The van der Waals surface area contributed by atoms with Gasteiger partial charge in [-0.15, -0.1) is 0 Å². The van der Waals surface area contributed by atoms with Gasteiger partial charge in [0.25, 0.3) is 0 Å². The molecule has 1 amide bonds. The van der Waals surface area contributed by atoms with Crippen LogP contribution in [0.1, 0.15) is 51.0 Å². The first-order valence-corrected chi connectivity index (χ1v) is 10.4. The number of amides is 1. The highest BCUT2D eigenvalue weighted by Crippen LogP contribution is 2.23. The Morgan fingerprint density at radius 1 is 1.17 bits per heavy atom. The van der Waals surface area contributed by atoms with Crippen LogP contribution in [0.25, 0.3) is 0 Å². The smallest absolute Gasteiger partial charge is 0.410 e. The van der Waals surface area contributed by atoms with Crippen LogP contribution >= 0.6 is 0 Å². The third-order valence-electron chi connectivity index (χ3n) is 4.44. The zero-order chi connectivity index (χ0) is 22.1. The maximum absolute atomic E-state index is 12.2. The van der Waals surface area contributed by atoms with E-state index in [0.717, 1.165) is 18.6 Å². The van der Waals surface area contributed by atoms with Gasteiger partial charge in [0.05, 0.1) is 6.04 Å². The van der Waals surface area contributed by atoms with Crippen LogP contribution in [-0.4, -0.2) is 52.9 Å². The number of piperidine rings is 1. The minimum Gasteiger partial charge on any atom is -0.486 e. The molecule has 0 spiro atoms. The lowest BCUT2D eigenvalue weighted by atomic mass is 10.1. The molecule has 3 rings (SSSR count). The van der Waals surface area contributed by atoms with Gasteiger partial charge in [-0.05, 0) is 52.7 Å². The quantitative estimate of drug-likeness (QED) is 0.725. The van der Waals surface area contributed by atoms with Crippen LogP contribution < -0.4 is 4.74 Å². The van der Waals surface area contributed by atoms with Gasteiger partial charge < -0.3 is 14.4 Å². The van der Waals surface area contributed by atoms with Crippen molar-refractivity contribution in [2.45, 2.75) is 58.8 Å². The summed E-state index contributed by atoms with van der Waals surface area (Å²) >= 11 is -0.750. The number of carbonyl (C=O) groups excluding carboxylic acids is 1. The number of aryl methyl sites for hydroxylation is 1. The molecule has 30 heavy (non-hydrogen) atoms. The molecule has 0 N–H and O–H groups in total. The monoisotopic (exact) mass is 436 g/mol. The topological polar surface area (TPSA) is 104 Å². The van der Waals surface area contributed by atoms with Gasteiger partial charge in [0.2, 0.25) is 0 Å². The van der Waals surface area contributed by atoms with Gasteiger partial charge in [-0.25, -0.2) is 14.5 Å². The molecule has 0 saturated carbocycles. The van der Waals surface area contributed by atoms with Crippen LogP contribution in [0.4, 0.5) is 4.79 Å². The summed E-state index contributed by atoms with van der Waals surface area (Å²) in [5, 5.41) is 4.54. The SMILES string of the molecule is Cc1ccc(OCc2ncn(C3CCN(C(=O)OC(C)(C)C)CC3)n2)cc1.O=S=O. The van der Waals surface area contributed by atoms with Crippen LogP contribution in [-0.2, 0) is 22.9 Å². The van der Waals surface area contributed by atoms with Gasteiger partial charge in [0.15, 0.2) is 5.82 Å². The molecule has 9 nitrogen and oxygen atoms in total. The molecule has 0 radical (unpaired) electrons. The first kappa shape index (κ1) is 23.5. The molecule has 1 fully saturated rings. The summed E-state index contributed by atoms with van der Waals surface area (Å²) in [6.07, 6.45) is 3.18. The molecular formula is C20H28N4O5S. The minimum atomic E-state index is -0.750. The van der Waals surface area contributed by atoms with Gasteiger partial charge in [-0.2, -0.15) is 13.5 Å². The standard InChI is InChI=1S/C20H28N4O3.O2S/c1-15-5-7-17(8-6-15)26-13-18-21-14-24(22-18)16-9-11-23(12-10-16)19(25)27-20(2,3)4;1-3-2/h5-8,14,16H,9-13H2,1-4H3;. The summed E-state index contributed by atoms with van der Waals surface area (Å²) in [7, 11) is 0. The van der Waals surface area contributed by atoms with Crippen molar-refractivity contribution in [1.82, 2.24) is 19.7 Å². The van der Waals surface area contributed by atoms with E-state index in [0.29, 0.717) is 25.5 Å². The van der Waals surface area contributed by atoms with Crippen molar-refractivity contribution in [2.75, 3.05) is 13.1 Å². The van der Waals surface area contributed by atoms with E-state index in [1.54, 1.807) is 11.2 Å². The van der Waals surface area contributed by atoms with E-state index in [1.165, 1.54) is 5.56 Å². The van der Waals surface area contributed by atoms with Gasteiger partial charge in [-0.3, -0.25) is 0 Å². The largest absolute Gasteiger partial charge is 0.486 e. The number of likely N-dealkylation sites (tertiary alicyclic amines) is 1. The second-order valence-electron chi connectivity index (χ2n) is 8.01. The van der Waals surface area contributed by atoms with E-state index in [4.69, 9.17) is 17.9 Å². The van der Waals surface area contributed by atoms with Crippen molar-refractivity contribution in [3.05, 3.63) is 42.0 Å². The fraction of sp³-hybridized carbons (Fsp3) is 0.550. The van der Waals surface area contributed by atoms with E-state index in [2.05, 4.69) is 10.1 Å². The summed E-state index contributed by atoms with van der Waals surface area (Å²) in [6.45, 7) is 9.35. The number of ether oxygens (including phenoxy) is 2. The fourth-order valence-corrected chi connectivity index (χ4v) is 2.97. The Hall–Kier alpha value is -2.75. The predicted molar refractivity (Wildman–Crippen MR) is 111 cm³/mol. The lowest BCUT2D eigenvalue weighted by Crippen LogP contribution is -2.42. The molecule has 1 saturated heterocycles. The van der Waals surface area contributed by atoms with Crippen molar-refractivity contribution >= 4 is 17.7 Å². The Bertz CT molecular complexity index is 849. The highest BCUT2D eigenvalue weighted by Gasteiger charge is 2.28. The summed E-state index contributed by atoms with van der Waals surface area (Å²) < 4.78 is 29.6. The number of aromatic nitrogens is 3. The average molecular weight is 437 g/mol. The van der Waals surface area contributed by atoms with Crippen LogP contribution in [0.5, 0.6) is 5.75 Å².